The molecular weight excluding hydrogens is 324 g/mol. The van der Waals surface area contributed by atoms with Gasteiger partial charge in [0.05, 0.1) is 16.2 Å². The summed E-state index contributed by atoms with van der Waals surface area (Å²) in [5.74, 6) is 1.21. The van der Waals surface area contributed by atoms with E-state index in [1.54, 1.807) is 19.1 Å². The Labute approximate surface area is 144 Å². The lowest BCUT2D eigenvalue weighted by Crippen LogP contribution is -2.16. The molecule has 1 N–H and O–H groups in total. The van der Waals surface area contributed by atoms with Crippen molar-refractivity contribution in [2.45, 2.75) is 19.8 Å². The van der Waals surface area contributed by atoms with Crippen LogP contribution in [0.2, 0.25) is 0 Å². The standard InChI is InChI=1S/C18H18N2O5/c1-12-14(3-2-4-15(12)20(22)23)19-18(21)8-6-13-5-7-16-17(11-13)25-10-9-24-16/h2-5,7,11H,6,8-10H2,1H3,(H,19,21). The first kappa shape index (κ1) is 16.8. The number of benzene rings is 2. The van der Waals surface area contributed by atoms with E-state index in [2.05, 4.69) is 5.32 Å². The van der Waals surface area contributed by atoms with E-state index < -0.39 is 4.92 Å². The van der Waals surface area contributed by atoms with E-state index in [1.165, 1.54) is 6.07 Å². The fourth-order valence-electron chi connectivity index (χ4n) is 2.67. The summed E-state index contributed by atoms with van der Waals surface area (Å²) in [4.78, 5) is 22.7. The molecule has 1 aliphatic heterocycles. The second-order valence-electron chi connectivity index (χ2n) is 5.73. The molecule has 0 radical (unpaired) electrons. The molecule has 7 nitrogen and oxygen atoms in total. The van der Waals surface area contributed by atoms with Gasteiger partial charge in [0, 0.05) is 12.5 Å². The van der Waals surface area contributed by atoms with E-state index in [1.807, 2.05) is 18.2 Å². The number of hydrogen-bond donors (Lipinski definition) is 1. The largest absolute Gasteiger partial charge is 0.486 e. The number of anilines is 1. The Morgan fingerprint density at radius 2 is 1.96 bits per heavy atom. The maximum atomic E-state index is 12.2. The van der Waals surface area contributed by atoms with Gasteiger partial charge in [-0.05, 0) is 37.1 Å². The lowest BCUT2D eigenvalue weighted by atomic mass is 10.1. The maximum absolute atomic E-state index is 12.2. The second kappa shape index (κ2) is 7.21. The van der Waals surface area contributed by atoms with Crippen molar-refractivity contribution in [3.05, 3.63) is 57.6 Å². The summed E-state index contributed by atoms with van der Waals surface area (Å²) in [6.07, 6.45) is 0.804. The zero-order chi connectivity index (χ0) is 17.8. The molecule has 0 aliphatic carbocycles. The minimum atomic E-state index is -0.458. The van der Waals surface area contributed by atoms with Gasteiger partial charge in [0.1, 0.15) is 13.2 Å². The van der Waals surface area contributed by atoms with E-state index in [-0.39, 0.29) is 18.0 Å². The summed E-state index contributed by atoms with van der Waals surface area (Å²) in [5, 5.41) is 13.7. The zero-order valence-corrected chi connectivity index (χ0v) is 13.8. The zero-order valence-electron chi connectivity index (χ0n) is 13.8. The number of amides is 1. The van der Waals surface area contributed by atoms with Crippen molar-refractivity contribution in [2.24, 2.45) is 0 Å². The third-order valence-corrected chi connectivity index (χ3v) is 4.02. The highest BCUT2D eigenvalue weighted by Crippen LogP contribution is 2.31. The summed E-state index contributed by atoms with van der Waals surface area (Å²) in [7, 11) is 0. The van der Waals surface area contributed by atoms with E-state index in [4.69, 9.17) is 9.47 Å². The Balaban J connectivity index is 1.62. The number of ether oxygens (including phenoxy) is 2. The highest BCUT2D eigenvalue weighted by molar-refractivity contribution is 5.92. The molecule has 130 valence electrons. The maximum Gasteiger partial charge on any atom is 0.274 e. The highest BCUT2D eigenvalue weighted by atomic mass is 16.6. The molecular formula is C18H18N2O5. The second-order valence-corrected chi connectivity index (χ2v) is 5.73. The molecule has 0 unspecified atom stereocenters. The van der Waals surface area contributed by atoms with Gasteiger partial charge in [-0.25, -0.2) is 0 Å². The van der Waals surface area contributed by atoms with Crippen LogP contribution in [0.1, 0.15) is 17.5 Å². The Morgan fingerprint density at radius 1 is 1.20 bits per heavy atom. The quantitative estimate of drug-likeness (QED) is 0.665. The lowest BCUT2D eigenvalue weighted by Gasteiger charge is -2.18. The van der Waals surface area contributed by atoms with E-state index in [0.717, 1.165) is 5.56 Å². The topological polar surface area (TPSA) is 90.7 Å². The molecule has 0 saturated heterocycles. The van der Waals surface area contributed by atoms with Crippen LogP contribution in [0, 0.1) is 17.0 Å². The summed E-state index contributed by atoms with van der Waals surface area (Å²) in [6.45, 7) is 2.68. The minimum Gasteiger partial charge on any atom is -0.486 e. The molecule has 25 heavy (non-hydrogen) atoms. The first-order valence-corrected chi connectivity index (χ1v) is 7.97. The van der Waals surface area contributed by atoms with Gasteiger partial charge in [-0.1, -0.05) is 12.1 Å². The Bertz CT molecular complexity index is 819. The predicted octanol–water partition coefficient (Wildman–Crippen LogP) is 3.25. The third kappa shape index (κ3) is 3.88. The van der Waals surface area contributed by atoms with Gasteiger partial charge in [-0.3, -0.25) is 14.9 Å². The van der Waals surface area contributed by atoms with Crippen molar-refractivity contribution in [3.63, 3.8) is 0 Å². The fourth-order valence-corrected chi connectivity index (χ4v) is 2.67. The van der Waals surface area contributed by atoms with Gasteiger partial charge in [-0.2, -0.15) is 0 Å². The molecule has 1 heterocycles. The van der Waals surface area contributed by atoms with Crippen molar-refractivity contribution >= 4 is 17.3 Å². The van der Waals surface area contributed by atoms with Crippen molar-refractivity contribution < 1.29 is 19.2 Å². The minimum absolute atomic E-state index is 0.00960. The molecule has 0 fully saturated rings. The summed E-state index contributed by atoms with van der Waals surface area (Å²) in [5.41, 5.74) is 1.86. The molecule has 2 aromatic carbocycles. The van der Waals surface area contributed by atoms with Crippen molar-refractivity contribution in [1.29, 1.82) is 0 Å². The third-order valence-electron chi connectivity index (χ3n) is 4.02. The van der Waals surface area contributed by atoms with Gasteiger partial charge in [0.15, 0.2) is 11.5 Å². The molecule has 2 aromatic rings. The molecule has 0 aromatic heterocycles. The number of carbonyl (C=O) groups is 1. The Morgan fingerprint density at radius 3 is 2.72 bits per heavy atom. The number of nitrogens with zero attached hydrogens (tertiary/aromatic N) is 1. The molecule has 0 saturated carbocycles. The smallest absolute Gasteiger partial charge is 0.274 e. The van der Waals surface area contributed by atoms with Gasteiger partial charge in [0.2, 0.25) is 5.91 Å². The van der Waals surface area contributed by atoms with Crippen LogP contribution in [0.5, 0.6) is 11.5 Å². The van der Waals surface area contributed by atoms with Gasteiger partial charge in [-0.15, -0.1) is 0 Å². The average molecular weight is 342 g/mol. The summed E-state index contributed by atoms with van der Waals surface area (Å²) in [6, 6.07) is 10.2. The molecule has 0 atom stereocenters. The normalized spacial score (nSPS) is 12.5. The van der Waals surface area contributed by atoms with Gasteiger partial charge < -0.3 is 14.8 Å². The number of hydrogen-bond acceptors (Lipinski definition) is 5. The van der Waals surface area contributed by atoms with Crippen molar-refractivity contribution in [1.82, 2.24) is 0 Å². The van der Waals surface area contributed by atoms with Crippen molar-refractivity contribution in [3.8, 4) is 11.5 Å². The summed E-state index contributed by atoms with van der Waals surface area (Å²) < 4.78 is 11.0. The number of nitrogens with one attached hydrogen (secondary N) is 1. The predicted molar refractivity (Wildman–Crippen MR) is 92.2 cm³/mol. The monoisotopic (exact) mass is 342 g/mol. The molecule has 1 amide bonds. The number of nitro groups is 1. The highest BCUT2D eigenvalue weighted by Gasteiger charge is 2.15. The SMILES string of the molecule is Cc1c(NC(=O)CCc2ccc3c(c2)OCCO3)cccc1[N+](=O)[O-]. The Hall–Kier alpha value is -3.09. The fraction of sp³-hybridized carbons (Fsp3) is 0.278. The molecule has 3 rings (SSSR count). The number of carbonyl (C=O) groups excluding carboxylic acids is 1. The van der Waals surface area contributed by atoms with Gasteiger partial charge >= 0.3 is 0 Å². The van der Waals surface area contributed by atoms with Crippen LogP contribution in [-0.4, -0.2) is 24.0 Å². The lowest BCUT2D eigenvalue weighted by molar-refractivity contribution is -0.385. The molecule has 7 heteroatoms. The molecule has 0 spiro atoms. The van der Waals surface area contributed by atoms with Crippen LogP contribution in [0.4, 0.5) is 11.4 Å². The average Bonchev–Trinajstić information content (AvgIpc) is 2.61. The Kier molecular flexibility index (Phi) is 4.83. The number of rotatable bonds is 5. The van der Waals surface area contributed by atoms with Crippen LogP contribution >= 0.6 is 0 Å². The first-order valence-electron chi connectivity index (χ1n) is 7.97. The van der Waals surface area contributed by atoms with Crippen LogP contribution in [0.25, 0.3) is 0 Å². The van der Waals surface area contributed by atoms with Crippen LogP contribution < -0.4 is 14.8 Å². The first-order chi connectivity index (χ1) is 12.0. The van der Waals surface area contributed by atoms with Gasteiger partial charge in [0.25, 0.3) is 5.69 Å². The summed E-state index contributed by atoms with van der Waals surface area (Å²) >= 11 is 0. The number of nitro benzene ring substituents is 1. The number of aryl methyl sites for hydroxylation is 1. The number of fused-ring (bicyclic) bond motifs is 1. The van der Waals surface area contributed by atoms with Crippen molar-refractivity contribution in [2.75, 3.05) is 18.5 Å². The van der Waals surface area contributed by atoms with E-state index >= 15 is 0 Å². The van der Waals surface area contributed by atoms with E-state index in [0.29, 0.717) is 42.4 Å². The van der Waals surface area contributed by atoms with Crippen LogP contribution in [-0.2, 0) is 11.2 Å². The van der Waals surface area contributed by atoms with Crippen LogP contribution in [0.15, 0.2) is 36.4 Å². The molecule has 0 bridgehead atoms. The molecule has 1 aliphatic rings. The van der Waals surface area contributed by atoms with Crippen LogP contribution in [0.3, 0.4) is 0 Å². The van der Waals surface area contributed by atoms with E-state index in [9.17, 15) is 14.9 Å².